The number of methoxy groups -OCH3 is 1. The third-order valence-electron chi connectivity index (χ3n) is 5.20. The van der Waals surface area contributed by atoms with Gasteiger partial charge in [0.15, 0.2) is 0 Å². The number of aryl methyl sites for hydroxylation is 1. The molecular weight excluding hydrogens is 379 g/mol. The number of nitrogens with one attached hydrogen (secondary N) is 1. The summed E-state index contributed by atoms with van der Waals surface area (Å²) in [7, 11) is 1.66. The van der Waals surface area contributed by atoms with Gasteiger partial charge in [-0.3, -0.25) is 4.79 Å². The second-order valence-corrected chi connectivity index (χ2v) is 7.06. The summed E-state index contributed by atoms with van der Waals surface area (Å²) in [4.78, 5) is 15.1. The predicted octanol–water partition coefficient (Wildman–Crippen LogP) is 4.00. The SMILES string of the molecule is COc1ccccc1C1CNCCN1C(=O)C(C)CCc1cccc(F)c1.Cl. The van der Waals surface area contributed by atoms with Crippen molar-refractivity contribution in [2.75, 3.05) is 26.7 Å². The first kappa shape index (κ1) is 22.2. The van der Waals surface area contributed by atoms with Gasteiger partial charge in [0.25, 0.3) is 0 Å². The zero-order chi connectivity index (χ0) is 19.2. The lowest BCUT2D eigenvalue weighted by Gasteiger charge is -2.38. The van der Waals surface area contributed by atoms with E-state index in [1.165, 1.54) is 6.07 Å². The molecule has 0 bridgehead atoms. The predicted molar refractivity (Wildman–Crippen MR) is 111 cm³/mol. The quantitative estimate of drug-likeness (QED) is 0.788. The number of carbonyl (C=O) groups excluding carboxylic acids is 1. The van der Waals surface area contributed by atoms with Crippen LogP contribution in [0.3, 0.4) is 0 Å². The van der Waals surface area contributed by atoms with Gasteiger partial charge in [-0.2, -0.15) is 0 Å². The molecule has 4 nitrogen and oxygen atoms in total. The maximum absolute atomic E-state index is 13.4. The van der Waals surface area contributed by atoms with Crippen molar-refractivity contribution in [2.45, 2.75) is 25.8 Å². The summed E-state index contributed by atoms with van der Waals surface area (Å²) >= 11 is 0. The first-order valence-electron chi connectivity index (χ1n) is 9.48. The van der Waals surface area contributed by atoms with Gasteiger partial charge in [0.2, 0.25) is 5.91 Å². The van der Waals surface area contributed by atoms with Gasteiger partial charge < -0.3 is 15.0 Å². The van der Waals surface area contributed by atoms with Crippen LogP contribution in [0.5, 0.6) is 5.75 Å². The van der Waals surface area contributed by atoms with Gasteiger partial charge in [0.1, 0.15) is 11.6 Å². The lowest BCUT2D eigenvalue weighted by atomic mass is 9.96. The van der Waals surface area contributed by atoms with Crippen molar-refractivity contribution in [2.24, 2.45) is 5.92 Å². The zero-order valence-electron chi connectivity index (χ0n) is 16.4. The summed E-state index contributed by atoms with van der Waals surface area (Å²) in [5.41, 5.74) is 1.95. The highest BCUT2D eigenvalue weighted by atomic mass is 35.5. The van der Waals surface area contributed by atoms with Crippen LogP contribution in [0.1, 0.15) is 30.5 Å². The van der Waals surface area contributed by atoms with Crippen LogP contribution in [0.15, 0.2) is 48.5 Å². The molecule has 0 saturated carbocycles. The van der Waals surface area contributed by atoms with Crippen molar-refractivity contribution in [3.63, 3.8) is 0 Å². The Labute approximate surface area is 172 Å². The van der Waals surface area contributed by atoms with Crippen LogP contribution in [0.4, 0.5) is 4.39 Å². The Hall–Kier alpha value is -2.11. The summed E-state index contributed by atoms with van der Waals surface area (Å²) < 4.78 is 18.9. The number of halogens is 2. The summed E-state index contributed by atoms with van der Waals surface area (Å²) in [6.45, 7) is 4.13. The smallest absolute Gasteiger partial charge is 0.226 e. The molecule has 6 heteroatoms. The Morgan fingerprint density at radius 2 is 2.07 bits per heavy atom. The Morgan fingerprint density at radius 1 is 1.29 bits per heavy atom. The lowest BCUT2D eigenvalue weighted by Crippen LogP contribution is -2.50. The van der Waals surface area contributed by atoms with Gasteiger partial charge in [0.05, 0.1) is 13.2 Å². The summed E-state index contributed by atoms with van der Waals surface area (Å²) in [6.07, 6.45) is 1.39. The monoisotopic (exact) mass is 406 g/mol. The molecule has 152 valence electrons. The Balaban J connectivity index is 0.00000280. The molecule has 1 amide bonds. The van der Waals surface area contributed by atoms with Gasteiger partial charge in [0, 0.05) is 31.1 Å². The van der Waals surface area contributed by atoms with Crippen LogP contribution in [0.2, 0.25) is 0 Å². The number of nitrogens with zero attached hydrogens (tertiary/aromatic N) is 1. The Morgan fingerprint density at radius 3 is 2.82 bits per heavy atom. The molecule has 3 rings (SSSR count). The highest BCUT2D eigenvalue weighted by Crippen LogP contribution is 2.31. The first-order valence-corrected chi connectivity index (χ1v) is 9.48. The van der Waals surface area contributed by atoms with Crippen molar-refractivity contribution in [3.05, 3.63) is 65.5 Å². The molecule has 28 heavy (non-hydrogen) atoms. The standard InChI is InChI=1S/C22H27FN2O2.ClH/c1-16(10-11-17-6-5-7-18(23)14-17)22(26)25-13-12-24-15-20(25)19-8-3-4-9-21(19)27-2;/h3-9,14,16,20,24H,10-13,15H2,1-2H3;1H. The van der Waals surface area contributed by atoms with Gasteiger partial charge in [-0.05, 0) is 36.6 Å². The van der Waals surface area contributed by atoms with E-state index in [0.29, 0.717) is 25.9 Å². The minimum Gasteiger partial charge on any atom is -0.496 e. The van der Waals surface area contributed by atoms with Crippen LogP contribution in [-0.2, 0) is 11.2 Å². The topological polar surface area (TPSA) is 41.6 Å². The molecule has 2 aromatic rings. The number of rotatable bonds is 6. The summed E-state index contributed by atoms with van der Waals surface area (Å²) in [5, 5.41) is 3.38. The molecule has 1 aliphatic heterocycles. The zero-order valence-corrected chi connectivity index (χ0v) is 17.2. The third-order valence-corrected chi connectivity index (χ3v) is 5.20. The van der Waals surface area contributed by atoms with E-state index in [2.05, 4.69) is 5.32 Å². The van der Waals surface area contributed by atoms with E-state index < -0.39 is 0 Å². The van der Waals surface area contributed by atoms with E-state index in [1.807, 2.05) is 42.2 Å². The molecule has 0 spiro atoms. The van der Waals surface area contributed by atoms with Crippen LogP contribution >= 0.6 is 12.4 Å². The molecule has 2 atom stereocenters. The van der Waals surface area contributed by atoms with Crippen molar-refractivity contribution in [3.8, 4) is 5.75 Å². The maximum Gasteiger partial charge on any atom is 0.226 e. The van der Waals surface area contributed by atoms with Crippen molar-refractivity contribution >= 4 is 18.3 Å². The van der Waals surface area contributed by atoms with Gasteiger partial charge in [-0.25, -0.2) is 4.39 Å². The maximum atomic E-state index is 13.4. The minimum atomic E-state index is -0.232. The number of hydrogen-bond acceptors (Lipinski definition) is 3. The average molecular weight is 407 g/mol. The van der Waals surface area contributed by atoms with Gasteiger partial charge >= 0.3 is 0 Å². The number of ether oxygens (including phenoxy) is 1. The Bertz CT molecular complexity index is 787. The molecule has 1 aliphatic rings. The van der Waals surface area contributed by atoms with E-state index in [9.17, 15) is 9.18 Å². The van der Waals surface area contributed by atoms with E-state index in [0.717, 1.165) is 23.4 Å². The minimum absolute atomic E-state index is 0. The lowest BCUT2D eigenvalue weighted by molar-refractivity contribution is -0.138. The molecule has 0 aliphatic carbocycles. The van der Waals surface area contributed by atoms with Gasteiger partial charge in [-0.15, -0.1) is 12.4 Å². The second-order valence-electron chi connectivity index (χ2n) is 7.06. The fourth-order valence-electron chi connectivity index (χ4n) is 3.67. The molecule has 1 saturated heterocycles. The molecule has 0 aromatic heterocycles. The molecule has 1 fully saturated rings. The van der Waals surface area contributed by atoms with Gasteiger partial charge in [-0.1, -0.05) is 37.3 Å². The van der Waals surface area contributed by atoms with E-state index in [4.69, 9.17) is 4.74 Å². The fraction of sp³-hybridized carbons (Fsp3) is 0.409. The van der Waals surface area contributed by atoms with E-state index >= 15 is 0 Å². The first-order chi connectivity index (χ1) is 13.1. The second kappa shape index (κ2) is 10.4. The molecule has 1 N–H and O–H groups in total. The molecular formula is C22H28ClFN2O2. The Kier molecular flexibility index (Phi) is 8.27. The third kappa shape index (κ3) is 5.24. The average Bonchev–Trinajstić information content (AvgIpc) is 2.71. The number of amides is 1. The van der Waals surface area contributed by atoms with Crippen molar-refractivity contribution in [1.29, 1.82) is 0 Å². The van der Waals surface area contributed by atoms with E-state index in [1.54, 1.807) is 19.2 Å². The largest absolute Gasteiger partial charge is 0.496 e. The normalized spacial score (nSPS) is 17.5. The molecule has 1 heterocycles. The number of benzene rings is 2. The van der Waals surface area contributed by atoms with Crippen LogP contribution in [0, 0.1) is 11.7 Å². The molecule has 0 radical (unpaired) electrons. The number of piperazine rings is 1. The van der Waals surface area contributed by atoms with Crippen molar-refractivity contribution in [1.82, 2.24) is 10.2 Å². The van der Waals surface area contributed by atoms with Crippen molar-refractivity contribution < 1.29 is 13.9 Å². The van der Waals surface area contributed by atoms with Crippen LogP contribution < -0.4 is 10.1 Å². The highest BCUT2D eigenvalue weighted by Gasteiger charge is 2.31. The molecule has 2 unspecified atom stereocenters. The van der Waals surface area contributed by atoms with Crippen LogP contribution in [-0.4, -0.2) is 37.6 Å². The molecule has 2 aromatic carbocycles. The summed E-state index contributed by atoms with van der Waals surface area (Å²) in [6, 6.07) is 14.4. The fourth-order valence-corrected chi connectivity index (χ4v) is 3.67. The number of carbonyl (C=O) groups is 1. The summed E-state index contributed by atoms with van der Waals surface area (Å²) in [5.74, 6) is 0.591. The van der Waals surface area contributed by atoms with E-state index in [-0.39, 0.29) is 36.1 Å². The number of hydrogen-bond donors (Lipinski definition) is 1. The van der Waals surface area contributed by atoms with Crippen LogP contribution in [0.25, 0.3) is 0 Å². The number of para-hydroxylation sites is 1. The highest BCUT2D eigenvalue weighted by molar-refractivity contribution is 5.85.